The van der Waals surface area contributed by atoms with Crippen LogP contribution in [0, 0.1) is 6.92 Å². The van der Waals surface area contributed by atoms with Crippen LogP contribution >= 0.6 is 23.1 Å². The first-order valence-corrected chi connectivity index (χ1v) is 13.3. The molecular weight excluding hydrogens is 458 g/mol. The van der Waals surface area contributed by atoms with Gasteiger partial charge in [0.1, 0.15) is 9.92 Å². The summed E-state index contributed by atoms with van der Waals surface area (Å²) in [5.74, 6) is 0.158. The number of aryl methyl sites for hydroxylation is 1. The topological polar surface area (TPSA) is 102 Å². The number of para-hydroxylation sites is 1. The fraction of sp³-hybridized carbons (Fsp3) is 0.400. The van der Waals surface area contributed by atoms with Gasteiger partial charge >= 0.3 is 0 Å². The number of carbonyl (C=O) groups is 1. The number of furan rings is 1. The third kappa shape index (κ3) is 5.29. The number of thioether (sulfide) groups is 1. The van der Waals surface area contributed by atoms with E-state index in [1.807, 2.05) is 36.6 Å². The van der Waals surface area contributed by atoms with E-state index in [4.69, 9.17) is 9.15 Å². The first-order chi connectivity index (χ1) is 14.9. The van der Waals surface area contributed by atoms with Crippen molar-refractivity contribution in [1.29, 1.82) is 0 Å². The van der Waals surface area contributed by atoms with Crippen molar-refractivity contribution in [1.82, 2.24) is 14.6 Å². The minimum atomic E-state index is -3.44. The van der Waals surface area contributed by atoms with Crippen molar-refractivity contribution in [2.24, 2.45) is 0 Å². The van der Waals surface area contributed by atoms with Crippen LogP contribution in [0.1, 0.15) is 21.8 Å². The Bertz CT molecular complexity index is 1170. The maximum absolute atomic E-state index is 12.9. The van der Waals surface area contributed by atoms with Crippen LogP contribution in [0.4, 0.5) is 0 Å². The van der Waals surface area contributed by atoms with E-state index >= 15 is 0 Å². The van der Waals surface area contributed by atoms with Crippen LogP contribution in [0.5, 0.6) is 0 Å². The third-order valence-electron chi connectivity index (χ3n) is 4.85. The second-order valence-electron chi connectivity index (χ2n) is 7.03. The fourth-order valence-corrected chi connectivity index (χ4v) is 6.49. The van der Waals surface area contributed by atoms with Crippen LogP contribution < -0.4 is 5.32 Å². The Morgan fingerprint density at radius 3 is 2.81 bits per heavy atom. The number of hydrogen-bond donors (Lipinski definition) is 1. The highest BCUT2D eigenvalue weighted by atomic mass is 32.2. The summed E-state index contributed by atoms with van der Waals surface area (Å²) in [7, 11) is -3.44. The van der Waals surface area contributed by atoms with Crippen molar-refractivity contribution in [2.45, 2.75) is 17.0 Å². The minimum Gasteiger partial charge on any atom is -0.451 e. The number of morpholine rings is 1. The second-order valence-corrected chi connectivity index (χ2v) is 11.2. The number of ether oxygens (including phenoxy) is 1. The number of sulfonamides is 1. The highest BCUT2D eigenvalue weighted by molar-refractivity contribution is 8.00. The summed E-state index contributed by atoms with van der Waals surface area (Å²) < 4.78 is 38.3. The number of benzene rings is 1. The average molecular weight is 482 g/mol. The summed E-state index contributed by atoms with van der Waals surface area (Å²) in [5, 5.41) is 5.56. The van der Waals surface area contributed by atoms with Crippen LogP contribution in [0.2, 0.25) is 0 Å². The van der Waals surface area contributed by atoms with Crippen molar-refractivity contribution in [3.63, 3.8) is 0 Å². The standard InChI is InChI=1S/C20H23N3O5S3/c1-14-12-29-20(22-14)30-13-16-15-4-2-3-5-17(15)28-18(16)19(24)21-6-11-31(25,26)23-7-9-27-10-8-23/h2-5,12H,6-11,13H2,1H3,(H,21,24). The molecule has 31 heavy (non-hydrogen) atoms. The summed E-state index contributed by atoms with van der Waals surface area (Å²) in [6, 6.07) is 7.48. The number of thiazole rings is 1. The van der Waals surface area contributed by atoms with Gasteiger partial charge in [-0.15, -0.1) is 11.3 Å². The van der Waals surface area contributed by atoms with Crippen molar-refractivity contribution >= 4 is 50.0 Å². The molecule has 1 saturated heterocycles. The second kappa shape index (κ2) is 9.70. The lowest BCUT2D eigenvalue weighted by atomic mass is 10.1. The number of aromatic nitrogens is 1. The number of carbonyl (C=O) groups excluding carboxylic acids is 1. The smallest absolute Gasteiger partial charge is 0.287 e. The first kappa shape index (κ1) is 22.3. The molecule has 1 aromatic carbocycles. The highest BCUT2D eigenvalue weighted by Gasteiger charge is 2.25. The van der Waals surface area contributed by atoms with Crippen LogP contribution in [0.25, 0.3) is 11.0 Å². The summed E-state index contributed by atoms with van der Waals surface area (Å²) in [6.07, 6.45) is 0. The predicted octanol–water partition coefficient (Wildman–Crippen LogP) is 2.88. The molecule has 0 bridgehead atoms. The molecule has 2 aromatic heterocycles. The monoisotopic (exact) mass is 481 g/mol. The van der Waals surface area contributed by atoms with Gasteiger partial charge in [-0.05, 0) is 13.0 Å². The molecule has 3 heterocycles. The number of nitrogens with zero attached hydrogens (tertiary/aromatic N) is 2. The van der Waals surface area contributed by atoms with Gasteiger partial charge in [0.2, 0.25) is 10.0 Å². The molecule has 0 saturated carbocycles. The van der Waals surface area contributed by atoms with Crippen molar-refractivity contribution < 1.29 is 22.4 Å². The third-order valence-corrected chi connectivity index (χ3v) is 8.89. The van der Waals surface area contributed by atoms with E-state index in [2.05, 4.69) is 10.3 Å². The summed E-state index contributed by atoms with van der Waals surface area (Å²) in [5.41, 5.74) is 2.37. The van der Waals surface area contributed by atoms with Gasteiger partial charge in [0.05, 0.1) is 19.0 Å². The number of hydrogen-bond acceptors (Lipinski definition) is 8. The van der Waals surface area contributed by atoms with Crippen molar-refractivity contribution in [3.8, 4) is 0 Å². The lowest BCUT2D eigenvalue weighted by Gasteiger charge is -2.25. The molecule has 8 nitrogen and oxygen atoms in total. The molecule has 0 unspecified atom stereocenters. The van der Waals surface area contributed by atoms with E-state index < -0.39 is 15.9 Å². The summed E-state index contributed by atoms with van der Waals surface area (Å²) >= 11 is 3.11. The molecule has 0 spiro atoms. The number of nitrogens with one attached hydrogen (secondary N) is 1. The Morgan fingerprint density at radius 2 is 2.06 bits per heavy atom. The van der Waals surface area contributed by atoms with Crippen molar-refractivity contribution in [2.75, 3.05) is 38.6 Å². The SMILES string of the molecule is Cc1csc(SCc2c(C(=O)NCCS(=O)(=O)N3CCOCC3)oc3ccccc23)n1. The molecule has 1 aliphatic rings. The maximum Gasteiger partial charge on any atom is 0.287 e. The van der Waals surface area contributed by atoms with Crippen LogP contribution in [-0.4, -0.2) is 62.2 Å². The van der Waals surface area contributed by atoms with Gasteiger partial charge in [0, 0.05) is 47.4 Å². The maximum atomic E-state index is 12.9. The van der Waals surface area contributed by atoms with Crippen LogP contribution in [0.3, 0.4) is 0 Å². The zero-order valence-electron chi connectivity index (χ0n) is 17.0. The van der Waals surface area contributed by atoms with Gasteiger partial charge in [-0.25, -0.2) is 13.4 Å². The van der Waals surface area contributed by atoms with E-state index in [0.29, 0.717) is 37.6 Å². The molecule has 0 radical (unpaired) electrons. The number of rotatable bonds is 8. The first-order valence-electron chi connectivity index (χ1n) is 9.83. The molecule has 4 rings (SSSR count). The fourth-order valence-electron chi connectivity index (χ4n) is 3.29. The highest BCUT2D eigenvalue weighted by Crippen LogP contribution is 2.33. The van der Waals surface area contributed by atoms with Gasteiger partial charge in [-0.2, -0.15) is 4.31 Å². The lowest BCUT2D eigenvalue weighted by Crippen LogP contribution is -2.43. The number of amides is 1. The molecule has 1 amide bonds. The Labute approximate surface area is 189 Å². The molecule has 11 heteroatoms. The average Bonchev–Trinajstić information content (AvgIpc) is 3.36. The zero-order valence-corrected chi connectivity index (χ0v) is 19.4. The van der Waals surface area contributed by atoms with Crippen LogP contribution in [-0.2, 0) is 20.5 Å². The van der Waals surface area contributed by atoms with Crippen molar-refractivity contribution in [3.05, 3.63) is 46.7 Å². The van der Waals surface area contributed by atoms with E-state index in [9.17, 15) is 13.2 Å². The van der Waals surface area contributed by atoms with E-state index in [-0.39, 0.29) is 18.1 Å². The van der Waals surface area contributed by atoms with Gasteiger partial charge in [-0.3, -0.25) is 4.79 Å². The molecule has 0 atom stereocenters. The van der Waals surface area contributed by atoms with E-state index in [1.54, 1.807) is 23.1 Å². The Balaban J connectivity index is 1.45. The van der Waals surface area contributed by atoms with Gasteiger partial charge in [0.25, 0.3) is 5.91 Å². The normalized spacial score (nSPS) is 15.4. The Hall–Kier alpha value is -1.92. The number of fused-ring (bicyclic) bond motifs is 1. The lowest BCUT2D eigenvalue weighted by molar-refractivity contribution is 0.0730. The summed E-state index contributed by atoms with van der Waals surface area (Å²) in [4.78, 5) is 17.3. The van der Waals surface area contributed by atoms with Gasteiger partial charge in [-0.1, -0.05) is 30.0 Å². The van der Waals surface area contributed by atoms with Crippen LogP contribution in [0.15, 0.2) is 38.4 Å². The molecule has 0 aliphatic carbocycles. The minimum absolute atomic E-state index is 0.00776. The molecule has 1 aliphatic heterocycles. The quantitative estimate of drug-likeness (QED) is 0.494. The molecular formula is C20H23N3O5S3. The van der Waals surface area contributed by atoms with Gasteiger partial charge in [0.15, 0.2) is 5.76 Å². The largest absolute Gasteiger partial charge is 0.451 e. The molecule has 3 aromatic rings. The Kier molecular flexibility index (Phi) is 6.97. The summed E-state index contributed by atoms with van der Waals surface area (Å²) in [6.45, 7) is 3.43. The van der Waals surface area contributed by atoms with Gasteiger partial charge < -0.3 is 14.5 Å². The molecule has 166 valence electrons. The zero-order chi connectivity index (χ0) is 21.8. The molecule has 1 N–H and O–H groups in total. The molecule has 1 fully saturated rings. The predicted molar refractivity (Wildman–Crippen MR) is 121 cm³/mol. The van der Waals surface area contributed by atoms with E-state index in [0.717, 1.165) is 21.0 Å². The van der Waals surface area contributed by atoms with E-state index in [1.165, 1.54) is 4.31 Å². The Morgan fingerprint density at radius 1 is 1.29 bits per heavy atom.